The molecule has 0 saturated carbocycles. The van der Waals surface area contributed by atoms with Crippen molar-refractivity contribution in [2.75, 3.05) is 18.5 Å². The lowest BCUT2D eigenvalue weighted by Crippen LogP contribution is -2.13. The molecule has 0 radical (unpaired) electrons. The fraction of sp³-hybridized carbons (Fsp3) is 0.235. The molecule has 4 nitrogen and oxygen atoms in total. The predicted molar refractivity (Wildman–Crippen MR) is 86.1 cm³/mol. The van der Waals surface area contributed by atoms with Crippen molar-refractivity contribution in [3.8, 4) is 11.5 Å². The van der Waals surface area contributed by atoms with E-state index in [1.54, 1.807) is 13.0 Å². The summed E-state index contributed by atoms with van der Waals surface area (Å²) in [7, 11) is 0. The van der Waals surface area contributed by atoms with E-state index in [-0.39, 0.29) is 11.7 Å². The zero-order valence-electron chi connectivity index (χ0n) is 12.5. The maximum Gasteiger partial charge on any atom is 0.255 e. The van der Waals surface area contributed by atoms with Crippen LogP contribution in [0.15, 0.2) is 30.3 Å². The Morgan fingerprint density at radius 1 is 1.22 bits per heavy atom. The first-order valence-corrected chi connectivity index (χ1v) is 7.59. The Morgan fingerprint density at radius 2 is 2.00 bits per heavy atom. The van der Waals surface area contributed by atoms with E-state index in [2.05, 4.69) is 5.32 Å². The minimum atomic E-state index is -0.350. The number of carbonyl (C=O) groups excluding carboxylic acids is 1. The van der Waals surface area contributed by atoms with Crippen LogP contribution in [0.1, 0.15) is 22.3 Å². The van der Waals surface area contributed by atoms with Crippen molar-refractivity contribution in [3.05, 3.63) is 52.3 Å². The number of fused-ring (bicyclic) bond motifs is 1. The molecule has 0 spiro atoms. The van der Waals surface area contributed by atoms with Crippen LogP contribution < -0.4 is 14.8 Å². The highest BCUT2D eigenvalue weighted by Gasteiger charge is 2.18. The van der Waals surface area contributed by atoms with Crippen molar-refractivity contribution in [2.45, 2.75) is 13.3 Å². The van der Waals surface area contributed by atoms with Gasteiger partial charge in [-0.3, -0.25) is 4.79 Å². The lowest BCUT2D eigenvalue weighted by atomic mass is 10.1. The molecule has 0 unspecified atom stereocenters. The SMILES string of the molecule is Cc1cc(F)ccc1NC(=O)c1cc(Cl)c2c(c1)OCCCO2. The number of nitrogens with one attached hydrogen (secondary N) is 1. The zero-order chi connectivity index (χ0) is 16.4. The van der Waals surface area contributed by atoms with Crippen molar-refractivity contribution < 1.29 is 18.7 Å². The Labute approximate surface area is 138 Å². The molecule has 3 rings (SSSR count). The number of aryl methyl sites for hydroxylation is 1. The normalized spacial score (nSPS) is 13.3. The molecule has 0 saturated heterocycles. The number of benzene rings is 2. The molecule has 0 aromatic heterocycles. The van der Waals surface area contributed by atoms with Crippen molar-refractivity contribution >= 4 is 23.2 Å². The maximum absolute atomic E-state index is 13.1. The number of rotatable bonds is 2. The van der Waals surface area contributed by atoms with Gasteiger partial charge in [0.2, 0.25) is 0 Å². The number of halogens is 2. The average Bonchev–Trinajstić information content (AvgIpc) is 2.75. The number of hydrogen-bond donors (Lipinski definition) is 1. The molecule has 0 fully saturated rings. The summed E-state index contributed by atoms with van der Waals surface area (Å²) in [5.41, 5.74) is 1.53. The van der Waals surface area contributed by atoms with Crippen LogP contribution in [-0.2, 0) is 0 Å². The lowest BCUT2D eigenvalue weighted by molar-refractivity contribution is 0.102. The van der Waals surface area contributed by atoms with Crippen molar-refractivity contribution in [1.29, 1.82) is 0 Å². The Balaban J connectivity index is 1.87. The number of amides is 1. The first kappa shape index (κ1) is 15.6. The highest BCUT2D eigenvalue weighted by atomic mass is 35.5. The molecule has 6 heteroatoms. The van der Waals surface area contributed by atoms with Gasteiger partial charge in [-0.15, -0.1) is 0 Å². The summed E-state index contributed by atoms with van der Waals surface area (Å²) in [6.45, 7) is 2.75. The highest BCUT2D eigenvalue weighted by Crippen LogP contribution is 2.38. The second-order valence-corrected chi connectivity index (χ2v) is 5.66. The Kier molecular flexibility index (Phi) is 4.39. The summed E-state index contributed by atoms with van der Waals surface area (Å²) in [5, 5.41) is 3.07. The highest BCUT2D eigenvalue weighted by molar-refractivity contribution is 6.32. The summed E-state index contributed by atoms with van der Waals surface area (Å²) >= 11 is 6.18. The molecule has 1 N–H and O–H groups in total. The third-order valence-corrected chi connectivity index (χ3v) is 3.78. The Hall–Kier alpha value is -2.27. The quantitative estimate of drug-likeness (QED) is 0.894. The fourth-order valence-electron chi connectivity index (χ4n) is 2.32. The van der Waals surface area contributed by atoms with Gasteiger partial charge in [0.15, 0.2) is 11.5 Å². The van der Waals surface area contributed by atoms with Gasteiger partial charge in [0.1, 0.15) is 5.82 Å². The smallest absolute Gasteiger partial charge is 0.255 e. The average molecular weight is 336 g/mol. The van der Waals surface area contributed by atoms with Crippen LogP contribution in [0.25, 0.3) is 0 Å². The van der Waals surface area contributed by atoms with E-state index < -0.39 is 0 Å². The molecule has 2 aromatic rings. The number of anilines is 1. The fourth-order valence-corrected chi connectivity index (χ4v) is 2.59. The summed E-state index contributed by atoms with van der Waals surface area (Å²) in [6, 6.07) is 7.30. The van der Waals surface area contributed by atoms with Gasteiger partial charge in [0.25, 0.3) is 5.91 Å². The molecule has 120 valence electrons. The third kappa shape index (κ3) is 3.40. The Morgan fingerprint density at radius 3 is 2.78 bits per heavy atom. The summed E-state index contributed by atoms with van der Waals surface area (Å²) in [5.74, 6) is 0.214. The van der Waals surface area contributed by atoms with Crippen LogP contribution in [0.2, 0.25) is 5.02 Å². The molecule has 0 atom stereocenters. The van der Waals surface area contributed by atoms with Gasteiger partial charge in [-0.1, -0.05) is 11.6 Å². The Bertz CT molecular complexity index is 764. The summed E-state index contributed by atoms with van der Waals surface area (Å²) < 4.78 is 24.2. The van der Waals surface area contributed by atoms with Gasteiger partial charge in [0, 0.05) is 17.7 Å². The minimum absolute atomic E-state index is 0.324. The molecule has 0 bridgehead atoms. The largest absolute Gasteiger partial charge is 0.489 e. The summed E-state index contributed by atoms with van der Waals surface area (Å²) in [6.07, 6.45) is 0.751. The van der Waals surface area contributed by atoms with Gasteiger partial charge in [-0.05, 0) is 42.8 Å². The summed E-state index contributed by atoms with van der Waals surface area (Å²) in [4.78, 5) is 12.4. The van der Waals surface area contributed by atoms with Crippen molar-refractivity contribution in [2.24, 2.45) is 0 Å². The molecule has 2 aromatic carbocycles. The van der Waals surface area contributed by atoms with E-state index in [0.29, 0.717) is 46.5 Å². The van der Waals surface area contributed by atoms with Crippen LogP contribution in [-0.4, -0.2) is 19.1 Å². The van der Waals surface area contributed by atoms with Crippen LogP contribution >= 0.6 is 11.6 Å². The van der Waals surface area contributed by atoms with Crippen LogP contribution in [0.3, 0.4) is 0 Å². The minimum Gasteiger partial charge on any atom is -0.489 e. The molecular formula is C17H15ClFNO3. The number of hydrogen-bond acceptors (Lipinski definition) is 3. The standard InChI is InChI=1S/C17H15ClFNO3/c1-10-7-12(19)3-4-14(10)20-17(21)11-8-13(18)16-15(9-11)22-5-2-6-23-16/h3-4,7-9H,2,5-6H2,1H3,(H,20,21). The molecule has 1 amide bonds. The second-order valence-electron chi connectivity index (χ2n) is 5.25. The number of ether oxygens (including phenoxy) is 2. The van der Waals surface area contributed by atoms with E-state index in [9.17, 15) is 9.18 Å². The van der Waals surface area contributed by atoms with Gasteiger partial charge in [0.05, 0.1) is 18.2 Å². The maximum atomic E-state index is 13.1. The van der Waals surface area contributed by atoms with Gasteiger partial charge >= 0.3 is 0 Å². The van der Waals surface area contributed by atoms with E-state index in [1.165, 1.54) is 24.3 Å². The number of carbonyl (C=O) groups is 1. The monoisotopic (exact) mass is 335 g/mol. The first-order chi connectivity index (χ1) is 11.0. The van der Waals surface area contributed by atoms with E-state index >= 15 is 0 Å². The van der Waals surface area contributed by atoms with Gasteiger partial charge in [-0.2, -0.15) is 0 Å². The predicted octanol–water partition coefficient (Wildman–Crippen LogP) is 4.20. The van der Waals surface area contributed by atoms with E-state index in [1.807, 2.05) is 0 Å². The first-order valence-electron chi connectivity index (χ1n) is 7.21. The molecule has 0 aliphatic carbocycles. The zero-order valence-corrected chi connectivity index (χ0v) is 13.2. The van der Waals surface area contributed by atoms with Crippen LogP contribution in [0, 0.1) is 12.7 Å². The molecule has 1 heterocycles. The lowest BCUT2D eigenvalue weighted by Gasteiger charge is -2.12. The molecule has 23 heavy (non-hydrogen) atoms. The van der Waals surface area contributed by atoms with Gasteiger partial charge in [-0.25, -0.2) is 4.39 Å². The topological polar surface area (TPSA) is 47.6 Å². The molecule has 1 aliphatic heterocycles. The van der Waals surface area contributed by atoms with Crippen LogP contribution in [0.5, 0.6) is 11.5 Å². The molecule has 1 aliphatic rings. The second kappa shape index (κ2) is 6.46. The van der Waals surface area contributed by atoms with Gasteiger partial charge < -0.3 is 14.8 Å². The van der Waals surface area contributed by atoms with Crippen molar-refractivity contribution in [1.82, 2.24) is 0 Å². The third-order valence-electron chi connectivity index (χ3n) is 3.50. The van der Waals surface area contributed by atoms with Crippen LogP contribution in [0.4, 0.5) is 10.1 Å². The van der Waals surface area contributed by atoms with Crippen molar-refractivity contribution in [3.63, 3.8) is 0 Å². The van der Waals surface area contributed by atoms with E-state index in [0.717, 1.165) is 6.42 Å². The molecular weight excluding hydrogens is 321 g/mol. The van der Waals surface area contributed by atoms with E-state index in [4.69, 9.17) is 21.1 Å².